The minimum atomic E-state index is 0.00641. The molecule has 1 aromatic rings. The third-order valence-corrected chi connectivity index (χ3v) is 4.07. The van der Waals surface area contributed by atoms with Crippen LogP contribution in [0.5, 0.6) is 0 Å². The monoisotopic (exact) mass is 267 g/mol. The Labute approximate surface area is 112 Å². The molecule has 0 unspecified atom stereocenters. The van der Waals surface area contributed by atoms with Crippen LogP contribution in [0.15, 0.2) is 0 Å². The molecule has 100 valence electrons. The van der Waals surface area contributed by atoms with Crippen LogP contribution in [0.25, 0.3) is 0 Å². The van der Waals surface area contributed by atoms with Crippen molar-refractivity contribution in [3.05, 3.63) is 5.82 Å². The van der Waals surface area contributed by atoms with Crippen molar-refractivity contribution in [3.63, 3.8) is 0 Å². The molecule has 18 heavy (non-hydrogen) atoms. The number of rotatable bonds is 2. The molecule has 6 heteroatoms. The Balaban J connectivity index is 2.02. The second-order valence-corrected chi connectivity index (χ2v) is 6.60. The van der Waals surface area contributed by atoms with Crippen LogP contribution in [0.1, 0.15) is 39.4 Å². The average Bonchev–Trinajstić information content (AvgIpc) is 2.78. The van der Waals surface area contributed by atoms with Crippen LogP contribution < -0.4 is 10.6 Å². The van der Waals surface area contributed by atoms with Gasteiger partial charge in [-0.15, -0.1) is 0 Å². The Morgan fingerprint density at radius 1 is 1.39 bits per heavy atom. The van der Waals surface area contributed by atoms with E-state index in [0.717, 1.165) is 36.9 Å². The van der Waals surface area contributed by atoms with Crippen LogP contribution >= 0.6 is 11.5 Å². The van der Waals surface area contributed by atoms with Crippen molar-refractivity contribution in [2.75, 3.05) is 18.0 Å². The molecule has 1 aliphatic rings. The van der Waals surface area contributed by atoms with Crippen molar-refractivity contribution in [3.8, 4) is 0 Å². The first-order valence-electron chi connectivity index (χ1n) is 6.31. The molecular weight excluding hydrogens is 246 g/mol. The quantitative estimate of drug-likeness (QED) is 0.634. The third kappa shape index (κ3) is 2.80. The lowest BCUT2D eigenvalue weighted by Crippen LogP contribution is -2.38. The van der Waals surface area contributed by atoms with Crippen LogP contribution in [0.2, 0.25) is 0 Å². The smallest absolute Gasteiger partial charge is 0.205 e. The van der Waals surface area contributed by atoms with Crippen molar-refractivity contribution < 1.29 is 0 Å². The summed E-state index contributed by atoms with van der Waals surface area (Å²) >= 11 is 1.47. The number of anilines is 1. The van der Waals surface area contributed by atoms with Gasteiger partial charge in [-0.05, 0) is 12.8 Å². The van der Waals surface area contributed by atoms with E-state index in [1.807, 2.05) is 0 Å². The number of aromatic nitrogens is 2. The SMILES string of the molecule is CC(C)(C)c1nsc(N2CCC(C(=N)N)CC2)n1. The maximum absolute atomic E-state index is 7.48. The Morgan fingerprint density at radius 3 is 2.44 bits per heavy atom. The van der Waals surface area contributed by atoms with E-state index in [-0.39, 0.29) is 11.3 Å². The molecule has 0 aliphatic carbocycles. The zero-order chi connectivity index (χ0) is 13.3. The van der Waals surface area contributed by atoms with Crippen molar-refractivity contribution in [1.82, 2.24) is 9.36 Å². The lowest BCUT2D eigenvalue weighted by Gasteiger charge is -2.30. The molecule has 0 spiro atoms. The van der Waals surface area contributed by atoms with Gasteiger partial charge >= 0.3 is 0 Å². The second kappa shape index (κ2) is 4.84. The van der Waals surface area contributed by atoms with E-state index >= 15 is 0 Å². The van der Waals surface area contributed by atoms with E-state index in [1.165, 1.54) is 11.5 Å². The molecule has 0 bridgehead atoms. The fraction of sp³-hybridized carbons (Fsp3) is 0.750. The summed E-state index contributed by atoms with van der Waals surface area (Å²) in [5.74, 6) is 1.48. The molecule has 1 fully saturated rings. The van der Waals surface area contributed by atoms with Gasteiger partial charge in [0.1, 0.15) is 5.82 Å². The molecule has 5 nitrogen and oxygen atoms in total. The van der Waals surface area contributed by atoms with Crippen LogP contribution in [0.4, 0.5) is 5.13 Å². The summed E-state index contributed by atoms with van der Waals surface area (Å²) in [5.41, 5.74) is 5.56. The Hall–Kier alpha value is -1.17. The molecule has 1 aromatic heterocycles. The van der Waals surface area contributed by atoms with Gasteiger partial charge in [-0.3, -0.25) is 5.41 Å². The fourth-order valence-electron chi connectivity index (χ4n) is 2.03. The third-order valence-electron chi connectivity index (χ3n) is 3.29. The molecule has 1 saturated heterocycles. The van der Waals surface area contributed by atoms with Crippen LogP contribution in [0, 0.1) is 11.3 Å². The van der Waals surface area contributed by atoms with E-state index < -0.39 is 0 Å². The molecule has 0 saturated carbocycles. The van der Waals surface area contributed by atoms with Gasteiger partial charge < -0.3 is 10.6 Å². The largest absolute Gasteiger partial charge is 0.387 e. The van der Waals surface area contributed by atoms with Gasteiger partial charge in [-0.25, -0.2) is 4.98 Å². The van der Waals surface area contributed by atoms with E-state index in [9.17, 15) is 0 Å². The summed E-state index contributed by atoms with van der Waals surface area (Å²) in [6, 6.07) is 0. The standard InChI is InChI=1S/C12H21N5S/c1-12(2,3)10-15-11(18-16-10)17-6-4-8(5-7-17)9(13)14/h8H,4-7H2,1-3H3,(H3,13,14). The lowest BCUT2D eigenvalue weighted by atomic mass is 9.96. The summed E-state index contributed by atoms with van der Waals surface area (Å²) in [7, 11) is 0. The van der Waals surface area contributed by atoms with Gasteiger partial charge in [-0.1, -0.05) is 20.8 Å². The first kappa shape index (κ1) is 13.3. The van der Waals surface area contributed by atoms with Gasteiger partial charge in [0.25, 0.3) is 0 Å². The highest BCUT2D eigenvalue weighted by Gasteiger charge is 2.25. The highest BCUT2D eigenvalue weighted by atomic mass is 32.1. The molecular formula is C12H21N5S. The lowest BCUT2D eigenvalue weighted by molar-refractivity contribution is 0.495. The maximum atomic E-state index is 7.48. The highest BCUT2D eigenvalue weighted by molar-refractivity contribution is 7.09. The summed E-state index contributed by atoms with van der Waals surface area (Å²) in [6.45, 7) is 8.22. The normalized spacial score (nSPS) is 18.1. The molecule has 0 aromatic carbocycles. The summed E-state index contributed by atoms with van der Waals surface area (Å²) in [4.78, 5) is 6.88. The number of nitrogens with two attached hydrogens (primary N) is 1. The van der Waals surface area contributed by atoms with E-state index in [4.69, 9.17) is 11.1 Å². The highest BCUT2D eigenvalue weighted by Crippen LogP contribution is 2.28. The van der Waals surface area contributed by atoms with E-state index in [1.54, 1.807) is 0 Å². The topological polar surface area (TPSA) is 78.9 Å². The first-order valence-corrected chi connectivity index (χ1v) is 7.08. The van der Waals surface area contributed by atoms with Crippen LogP contribution in [0.3, 0.4) is 0 Å². The molecule has 2 rings (SSSR count). The minimum Gasteiger partial charge on any atom is -0.387 e. The van der Waals surface area contributed by atoms with Crippen molar-refractivity contribution in [2.24, 2.45) is 11.7 Å². The zero-order valence-electron chi connectivity index (χ0n) is 11.2. The van der Waals surface area contributed by atoms with E-state index in [2.05, 4.69) is 35.0 Å². The van der Waals surface area contributed by atoms with Crippen LogP contribution in [-0.4, -0.2) is 28.3 Å². The van der Waals surface area contributed by atoms with Gasteiger partial charge in [-0.2, -0.15) is 4.37 Å². The van der Waals surface area contributed by atoms with Gasteiger partial charge in [0.05, 0.1) is 5.84 Å². The zero-order valence-corrected chi connectivity index (χ0v) is 12.0. The number of piperidine rings is 1. The summed E-state index contributed by atoms with van der Waals surface area (Å²) in [6.07, 6.45) is 1.89. The predicted octanol–water partition coefficient (Wildman–Crippen LogP) is 1.99. The number of nitrogens with zero attached hydrogens (tertiary/aromatic N) is 3. The molecule has 3 N–H and O–H groups in total. The maximum Gasteiger partial charge on any atom is 0.205 e. The van der Waals surface area contributed by atoms with Crippen molar-refractivity contribution >= 4 is 22.5 Å². The summed E-state index contributed by atoms with van der Waals surface area (Å²) < 4.78 is 4.44. The van der Waals surface area contributed by atoms with Gasteiger partial charge in [0.15, 0.2) is 0 Å². The number of amidine groups is 1. The van der Waals surface area contributed by atoms with Crippen LogP contribution in [-0.2, 0) is 5.41 Å². The van der Waals surface area contributed by atoms with Crippen molar-refractivity contribution in [2.45, 2.75) is 39.0 Å². The molecule has 1 aliphatic heterocycles. The van der Waals surface area contributed by atoms with Gasteiger partial charge in [0.2, 0.25) is 5.13 Å². The predicted molar refractivity (Wildman–Crippen MR) is 75.5 cm³/mol. The number of nitrogens with one attached hydrogen (secondary N) is 1. The second-order valence-electron chi connectivity index (χ2n) is 5.87. The summed E-state index contributed by atoms with van der Waals surface area (Å²) in [5, 5.41) is 8.48. The Morgan fingerprint density at radius 2 is 2.00 bits per heavy atom. The minimum absolute atomic E-state index is 0.00641. The van der Waals surface area contributed by atoms with Gasteiger partial charge in [0, 0.05) is 36.0 Å². The average molecular weight is 267 g/mol. The molecule has 2 heterocycles. The molecule has 0 radical (unpaired) electrons. The fourth-order valence-corrected chi connectivity index (χ4v) is 2.94. The first-order chi connectivity index (χ1) is 8.38. The Kier molecular flexibility index (Phi) is 3.56. The molecule has 0 amide bonds. The van der Waals surface area contributed by atoms with Crippen molar-refractivity contribution in [1.29, 1.82) is 5.41 Å². The van der Waals surface area contributed by atoms with E-state index in [0.29, 0.717) is 5.84 Å². The number of hydrogen-bond donors (Lipinski definition) is 2. The molecule has 0 atom stereocenters. The Bertz CT molecular complexity index is 426. The number of hydrogen-bond acceptors (Lipinski definition) is 5.